The van der Waals surface area contributed by atoms with Crippen molar-refractivity contribution in [2.45, 2.75) is 165 Å². The number of nitrogens with two attached hydrogens (primary N) is 7. The van der Waals surface area contributed by atoms with Crippen molar-refractivity contribution in [2.24, 2.45) is 52.0 Å². The predicted octanol–water partition coefficient (Wildman–Crippen LogP) is -9.27. The van der Waals surface area contributed by atoms with E-state index in [0.717, 1.165) is 0 Å². The molecule has 0 aromatic heterocycles. The molecule has 11 amide bonds. The minimum Gasteiger partial charge on any atom is -0.481 e. The number of carbonyl (C=O) groups is 13. The van der Waals surface area contributed by atoms with Gasteiger partial charge in [-0.1, -0.05) is 13.8 Å². The number of aliphatic hydroxyl groups excluding tert-OH is 1. The first-order valence-electron chi connectivity index (χ1n) is 29.2. The van der Waals surface area contributed by atoms with Crippen LogP contribution >= 0.6 is 0 Å². The van der Waals surface area contributed by atoms with Gasteiger partial charge in [0.2, 0.25) is 65.0 Å². The summed E-state index contributed by atoms with van der Waals surface area (Å²) in [6.07, 6.45) is -1.85. The Morgan fingerprint density at radius 3 is 1.32 bits per heavy atom. The third-order valence-corrected chi connectivity index (χ3v) is 13.2. The highest BCUT2D eigenvalue weighted by atomic mass is 16.4. The molecule has 36 heteroatoms. The number of guanidine groups is 1. The van der Waals surface area contributed by atoms with Crippen LogP contribution in [0.15, 0.2) is 0 Å². The molecule has 0 aliphatic rings. The molecule has 0 aliphatic carbocycles. The normalized spacial score (nSPS) is 14.2. The molecule has 0 radical (unpaired) electrons. The molecular weight excluding hydrogens is 1160 g/mol. The summed E-state index contributed by atoms with van der Waals surface area (Å²) >= 11 is 0. The number of carbonyl (C=O) groups excluding carboxylic acids is 11. The minimum atomic E-state index is -1.89. The summed E-state index contributed by atoms with van der Waals surface area (Å²) in [5, 5.41) is 67.5. The van der Waals surface area contributed by atoms with Crippen molar-refractivity contribution in [2.75, 3.05) is 65.5 Å². The molecule has 0 unspecified atom stereocenters. The van der Waals surface area contributed by atoms with Crippen LogP contribution in [0.5, 0.6) is 0 Å². The van der Waals surface area contributed by atoms with E-state index in [-0.39, 0.29) is 64.0 Å². The van der Waals surface area contributed by atoms with Crippen LogP contribution in [0.2, 0.25) is 0 Å². The van der Waals surface area contributed by atoms with E-state index in [9.17, 15) is 77.6 Å². The van der Waals surface area contributed by atoms with Gasteiger partial charge in [-0.3, -0.25) is 67.7 Å². The van der Waals surface area contributed by atoms with Crippen molar-refractivity contribution in [1.82, 2.24) is 63.8 Å². The number of amides is 11. The minimum absolute atomic E-state index is 0.0174. The van der Waals surface area contributed by atoms with E-state index in [1.807, 2.05) is 0 Å². The Hall–Kier alpha value is -7.90. The van der Waals surface area contributed by atoms with E-state index < -0.39 is 175 Å². The number of nitrogens with one attached hydrogen (secondary N) is 13. The summed E-state index contributed by atoms with van der Waals surface area (Å²) in [5.41, 5.74) is 38.6. The molecule has 9 atom stereocenters. The highest BCUT2D eigenvalue weighted by molar-refractivity contribution is 5.99. The molecule has 0 aromatic rings. The summed E-state index contributed by atoms with van der Waals surface area (Å²) in [6.45, 7) is 5.77. The number of hydrogen-bond donors (Lipinski definition) is 23. The molecule has 0 aromatic carbocycles. The topological polar surface area (TPSA) is 633 Å². The van der Waals surface area contributed by atoms with E-state index in [2.05, 4.69) is 63.8 Å². The number of aliphatic carboxylic acids is 2. The van der Waals surface area contributed by atoms with E-state index in [1.165, 1.54) is 20.8 Å². The molecule has 0 spiro atoms. The Bertz CT molecular complexity index is 2270. The van der Waals surface area contributed by atoms with Crippen LogP contribution in [0.4, 0.5) is 0 Å². The highest BCUT2D eigenvalue weighted by Gasteiger charge is 2.36. The zero-order valence-electron chi connectivity index (χ0n) is 50.5. The van der Waals surface area contributed by atoms with E-state index >= 15 is 0 Å². The summed E-state index contributed by atoms with van der Waals surface area (Å²) in [7, 11) is 0. The summed E-state index contributed by atoms with van der Waals surface area (Å²) in [4.78, 5) is 171. The van der Waals surface area contributed by atoms with E-state index in [1.54, 1.807) is 0 Å². The molecule has 0 bridgehead atoms. The molecule has 0 saturated carbocycles. The lowest BCUT2D eigenvalue weighted by Crippen LogP contribution is -2.61. The van der Waals surface area contributed by atoms with Crippen LogP contribution in [0.25, 0.3) is 0 Å². The lowest BCUT2D eigenvalue weighted by Gasteiger charge is -2.28. The van der Waals surface area contributed by atoms with Crippen molar-refractivity contribution < 1.29 is 77.6 Å². The third-order valence-electron chi connectivity index (χ3n) is 13.2. The fourth-order valence-electron chi connectivity index (χ4n) is 8.37. The van der Waals surface area contributed by atoms with Crippen molar-refractivity contribution in [3.8, 4) is 0 Å². The monoisotopic (exact) mass is 1260 g/mol. The maximum Gasteiger partial charge on any atom is 0.305 e. The standard InChI is InChI=1S/C52H98N20O16/c1-28(2)42(51(88)70-34(12-14-38(57)74)47(84)66-31(43(58)80)9-4-6-16-53)72-48(85)35(13-15-40(76)77)69-50(87)37(27-73)71-46(83)32(10-5-7-17-54)68-45(82)33(11-8-20-63-52(59)60)67-44(81)29(3)64-49(86)36(24-41(78)79)65-39(75)23-30(25-61-21-18-55)26-62-22-19-56/h28-37,42,61-62,73H,4-27,53-56H2,1-3H3,(H2,57,74)(H2,58,80)(H,64,86)(H,65,75)(H,66,84)(H,67,81)(H,68,82)(H,69,87)(H,70,88)(H,71,83)(H,72,85)(H,76,77)(H,78,79)(H4,59,60,63)/t29-,31-,32-,33-,34-,35-,36-,37-,42-/m0/s1. The first-order chi connectivity index (χ1) is 41.5. The van der Waals surface area contributed by atoms with Gasteiger partial charge in [0.05, 0.1) is 13.0 Å². The van der Waals surface area contributed by atoms with Gasteiger partial charge < -0.3 is 119 Å². The smallest absolute Gasteiger partial charge is 0.305 e. The van der Waals surface area contributed by atoms with Crippen LogP contribution in [0.3, 0.4) is 0 Å². The first-order valence-corrected chi connectivity index (χ1v) is 29.2. The molecule has 88 heavy (non-hydrogen) atoms. The average molecular weight is 1260 g/mol. The van der Waals surface area contributed by atoms with Crippen molar-refractivity contribution in [3.63, 3.8) is 0 Å². The van der Waals surface area contributed by atoms with Crippen molar-refractivity contribution >= 4 is 82.9 Å². The van der Waals surface area contributed by atoms with Crippen LogP contribution in [-0.2, 0) is 62.3 Å². The Kier molecular flexibility index (Phi) is 41.3. The van der Waals surface area contributed by atoms with Gasteiger partial charge in [-0.05, 0) is 109 Å². The molecule has 36 nitrogen and oxygen atoms in total. The van der Waals surface area contributed by atoms with Gasteiger partial charge in [0.25, 0.3) is 0 Å². The fraction of sp³-hybridized carbons (Fsp3) is 0.731. The Balaban J connectivity index is 6.67. The van der Waals surface area contributed by atoms with Crippen LogP contribution in [0.1, 0.15) is 111 Å². The van der Waals surface area contributed by atoms with Gasteiger partial charge in [-0.2, -0.15) is 0 Å². The largest absolute Gasteiger partial charge is 0.481 e. The van der Waals surface area contributed by atoms with Crippen LogP contribution in [-0.4, -0.2) is 218 Å². The SMILES string of the molecule is CC(C)[C@H](NC(=O)[C@H](CCC(=O)O)NC(=O)[C@H](CO)NC(=O)[C@H](CCCCN)NC(=O)[C@H](CCCNC(=N)N)NC(=O)[C@H](C)NC(=O)[C@H](CC(=O)O)NC(=O)CC(CNCCN)CNCCN)C(=O)N[C@@H](CCC(N)=O)C(=O)N[C@@H](CCCCN)C(N)=O. The second kappa shape index (κ2) is 45.4. The summed E-state index contributed by atoms with van der Waals surface area (Å²) in [6, 6.07) is -14.0. The van der Waals surface area contributed by atoms with E-state index in [4.69, 9.17) is 45.5 Å². The van der Waals surface area contributed by atoms with Gasteiger partial charge in [-0.25, -0.2) is 0 Å². The molecule has 0 rings (SSSR count). The lowest BCUT2D eigenvalue weighted by molar-refractivity contribution is -0.141. The maximum absolute atomic E-state index is 14.1. The molecule has 0 aliphatic heterocycles. The number of aliphatic hydroxyl groups is 1. The zero-order chi connectivity index (χ0) is 66.9. The Labute approximate surface area is 510 Å². The molecule has 30 N–H and O–H groups in total. The van der Waals surface area contributed by atoms with Gasteiger partial charge in [0, 0.05) is 52.0 Å². The molecular formula is C52H98N20O16. The Morgan fingerprint density at radius 1 is 0.432 bits per heavy atom. The molecule has 0 saturated heterocycles. The van der Waals surface area contributed by atoms with Gasteiger partial charge in [-0.15, -0.1) is 0 Å². The second-order valence-electron chi connectivity index (χ2n) is 21.2. The summed E-state index contributed by atoms with van der Waals surface area (Å²) in [5.74, 6) is -15.1. The van der Waals surface area contributed by atoms with Gasteiger partial charge >= 0.3 is 11.9 Å². The zero-order valence-corrected chi connectivity index (χ0v) is 50.5. The molecule has 0 fully saturated rings. The van der Waals surface area contributed by atoms with Gasteiger partial charge in [0.15, 0.2) is 5.96 Å². The number of rotatable bonds is 50. The van der Waals surface area contributed by atoms with Crippen LogP contribution in [0, 0.1) is 17.2 Å². The highest BCUT2D eigenvalue weighted by Crippen LogP contribution is 2.11. The third kappa shape index (κ3) is 35.0. The van der Waals surface area contributed by atoms with Crippen LogP contribution < -0.4 is 104 Å². The fourth-order valence-corrected chi connectivity index (χ4v) is 8.37. The Morgan fingerprint density at radius 2 is 0.864 bits per heavy atom. The second-order valence-corrected chi connectivity index (χ2v) is 21.2. The van der Waals surface area contributed by atoms with Crippen molar-refractivity contribution in [1.29, 1.82) is 5.41 Å². The molecule has 0 heterocycles. The number of carboxylic acid groups (broad SMARTS) is 2. The van der Waals surface area contributed by atoms with Gasteiger partial charge in [0.1, 0.15) is 54.4 Å². The average Bonchev–Trinajstić information content (AvgIpc) is 3.66. The number of primary amides is 2. The van der Waals surface area contributed by atoms with Crippen molar-refractivity contribution in [3.05, 3.63) is 0 Å². The molecule has 502 valence electrons. The number of unbranched alkanes of at least 4 members (excludes halogenated alkanes) is 2. The number of hydrogen-bond acceptors (Lipinski definition) is 21. The maximum atomic E-state index is 14.1. The lowest BCUT2D eigenvalue weighted by atomic mass is 10.0. The quantitative estimate of drug-likeness (QED) is 0.0153. The first kappa shape index (κ1) is 80.1. The van der Waals surface area contributed by atoms with E-state index in [0.29, 0.717) is 65.1 Å². The predicted molar refractivity (Wildman–Crippen MR) is 319 cm³/mol. The number of carboxylic acids is 2. The summed E-state index contributed by atoms with van der Waals surface area (Å²) < 4.78 is 0.